The Labute approximate surface area is 154 Å². The maximum Gasteiger partial charge on any atom is 0.337 e. The Morgan fingerprint density at radius 1 is 1.15 bits per heavy atom. The zero-order valence-corrected chi connectivity index (χ0v) is 14.5. The van der Waals surface area contributed by atoms with E-state index in [2.05, 4.69) is 15.5 Å². The minimum Gasteiger partial charge on any atom is -0.481 e. The molecule has 0 aliphatic carbocycles. The van der Waals surface area contributed by atoms with Gasteiger partial charge in [0.1, 0.15) is 5.75 Å². The molecule has 1 unspecified atom stereocenters. The third-order valence-corrected chi connectivity index (χ3v) is 3.64. The Kier molecular flexibility index (Phi) is 5.46. The van der Waals surface area contributed by atoms with Crippen LogP contribution in [0.15, 0.2) is 59.1 Å². The fraction of sp³-hybridized carbons (Fsp3) is 0.158. The van der Waals surface area contributed by atoms with E-state index in [0.717, 1.165) is 0 Å². The molecular weight excluding hydrogens is 350 g/mol. The molecule has 0 radical (unpaired) electrons. The van der Waals surface area contributed by atoms with Gasteiger partial charge in [-0.15, -0.1) is 0 Å². The van der Waals surface area contributed by atoms with Gasteiger partial charge in [-0.3, -0.25) is 4.79 Å². The molecule has 1 atom stereocenters. The molecule has 8 nitrogen and oxygen atoms in total. The molecule has 1 heterocycles. The monoisotopic (exact) mass is 367 g/mol. The Morgan fingerprint density at radius 3 is 2.59 bits per heavy atom. The molecule has 138 valence electrons. The lowest BCUT2D eigenvalue weighted by Crippen LogP contribution is -2.17. The maximum atomic E-state index is 12.2. The summed E-state index contributed by atoms with van der Waals surface area (Å²) in [6, 6.07) is 15.3. The SMILES string of the molecule is CC(Oc1ccccc1)c1nc(CC(=O)Nc2ccccc2C(=O)O)no1. The van der Waals surface area contributed by atoms with Gasteiger partial charge in [-0.05, 0) is 31.2 Å². The molecule has 3 rings (SSSR count). The first-order chi connectivity index (χ1) is 13.0. The average Bonchev–Trinajstić information content (AvgIpc) is 3.11. The lowest BCUT2D eigenvalue weighted by Gasteiger charge is -2.09. The molecule has 0 aliphatic rings. The summed E-state index contributed by atoms with van der Waals surface area (Å²) in [5.74, 6) is -0.494. The van der Waals surface area contributed by atoms with Gasteiger partial charge in [0.05, 0.1) is 17.7 Å². The van der Waals surface area contributed by atoms with Crippen molar-refractivity contribution in [3.8, 4) is 5.75 Å². The van der Waals surface area contributed by atoms with Gasteiger partial charge in [-0.2, -0.15) is 4.98 Å². The van der Waals surface area contributed by atoms with E-state index in [1.807, 2.05) is 18.2 Å². The Balaban J connectivity index is 1.62. The zero-order chi connectivity index (χ0) is 19.2. The van der Waals surface area contributed by atoms with Crippen molar-refractivity contribution < 1.29 is 24.0 Å². The molecule has 0 bridgehead atoms. The lowest BCUT2D eigenvalue weighted by atomic mass is 10.2. The van der Waals surface area contributed by atoms with Gasteiger partial charge in [0.25, 0.3) is 5.89 Å². The third-order valence-electron chi connectivity index (χ3n) is 3.64. The van der Waals surface area contributed by atoms with Crippen LogP contribution in [-0.4, -0.2) is 27.1 Å². The topological polar surface area (TPSA) is 115 Å². The van der Waals surface area contributed by atoms with E-state index in [0.29, 0.717) is 5.75 Å². The maximum absolute atomic E-state index is 12.2. The van der Waals surface area contributed by atoms with Crippen molar-refractivity contribution in [2.75, 3.05) is 5.32 Å². The molecule has 1 aromatic heterocycles. The minimum absolute atomic E-state index is 0.00420. The summed E-state index contributed by atoms with van der Waals surface area (Å²) in [5.41, 5.74) is 0.212. The predicted octanol–water partition coefficient (Wildman–Crippen LogP) is 3.09. The summed E-state index contributed by atoms with van der Waals surface area (Å²) in [5, 5.41) is 15.5. The third kappa shape index (κ3) is 4.69. The van der Waals surface area contributed by atoms with Gasteiger partial charge in [0, 0.05) is 0 Å². The van der Waals surface area contributed by atoms with E-state index < -0.39 is 18.0 Å². The lowest BCUT2D eigenvalue weighted by molar-refractivity contribution is -0.115. The number of carbonyl (C=O) groups excluding carboxylic acids is 1. The Bertz CT molecular complexity index is 939. The fourth-order valence-corrected chi connectivity index (χ4v) is 2.37. The average molecular weight is 367 g/mol. The second kappa shape index (κ2) is 8.13. The van der Waals surface area contributed by atoms with Crippen LogP contribution >= 0.6 is 0 Å². The van der Waals surface area contributed by atoms with E-state index in [9.17, 15) is 9.59 Å². The van der Waals surface area contributed by atoms with Crippen molar-refractivity contribution in [3.05, 3.63) is 71.9 Å². The first kappa shape index (κ1) is 18.1. The molecule has 0 spiro atoms. The van der Waals surface area contributed by atoms with Crippen LogP contribution in [0.25, 0.3) is 0 Å². The minimum atomic E-state index is -1.13. The Hall–Kier alpha value is -3.68. The van der Waals surface area contributed by atoms with E-state index in [-0.39, 0.29) is 29.4 Å². The van der Waals surface area contributed by atoms with Crippen molar-refractivity contribution >= 4 is 17.6 Å². The number of nitrogens with zero attached hydrogens (tertiary/aromatic N) is 2. The molecule has 2 N–H and O–H groups in total. The number of amides is 1. The number of carbonyl (C=O) groups is 2. The van der Waals surface area contributed by atoms with Crippen molar-refractivity contribution in [1.29, 1.82) is 0 Å². The van der Waals surface area contributed by atoms with Crippen LogP contribution in [0.5, 0.6) is 5.75 Å². The highest BCUT2D eigenvalue weighted by molar-refractivity contribution is 6.00. The van der Waals surface area contributed by atoms with E-state index in [4.69, 9.17) is 14.4 Å². The second-order valence-corrected chi connectivity index (χ2v) is 5.70. The van der Waals surface area contributed by atoms with Gasteiger partial charge in [-0.25, -0.2) is 4.79 Å². The van der Waals surface area contributed by atoms with Crippen molar-refractivity contribution in [3.63, 3.8) is 0 Å². The van der Waals surface area contributed by atoms with E-state index in [1.54, 1.807) is 31.2 Å². The van der Waals surface area contributed by atoms with E-state index in [1.165, 1.54) is 12.1 Å². The molecule has 0 aliphatic heterocycles. The van der Waals surface area contributed by atoms with Gasteiger partial charge >= 0.3 is 5.97 Å². The van der Waals surface area contributed by atoms with Crippen LogP contribution in [0.3, 0.4) is 0 Å². The number of rotatable bonds is 7. The predicted molar refractivity (Wildman–Crippen MR) is 95.5 cm³/mol. The Morgan fingerprint density at radius 2 is 1.85 bits per heavy atom. The number of carboxylic acids is 1. The molecule has 8 heteroatoms. The smallest absolute Gasteiger partial charge is 0.337 e. The number of aromatic carboxylic acids is 1. The molecule has 1 amide bonds. The van der Waals surface area contributed by atoms with Crippen molar-refractivity contribution in [1.82, 2.24) is 10.1 Å². The van der Waals surface area contributed by atoms with Crippen LogP contribution in [-0.2, 0) is 11.2 Å². The number of nitrogens with one attached hydrogen (secondary N) is 1. The van der Waals surface area contributed by atoms with E-state index >= 15 is 0 Å². The number of aromatic nitrogens is 2. The molecule has 0 saturated carbocycles. The summed E-state index contributed by atoms with van der Waals surface area (Å²) < 4.78 is 10.8. The quantitative estimate of drug-likeness (QED) is 0.659. The van der Waals surface area contributed by atoms with Crippen molar-refractivity contribution in [2.24, 2.45) is 0 Å². The molecule has 0 fully saturated rings. The largest absolute Gasteiger partial charge is 0.481 e. The van der Waals surface area contributed by atoms with Crippen LogP contribution in [0, 0.1) is 0 Å². The van der Waals surface area contributed by atoms with Crippen LogP contribution in [0.1, 0.15) is 35.1 Å². The highest BCUT2D eigenvalue weighted by atomic mass is 16.5. The van der Waals surface area contributed by atoms with Crippen LogP contribution < -0.4 is 10.1 Å². The number of carboxylic acid groups (broad SMARTS) is 1. The van der Waals surface area contributed by atoms with Gasteiger partial charge in [-0.1, -0.05) is 35.5 Å². The zero-order valence-electron chi connectivity index (χ0n) is 14.5. The number of hydrogen-bond acceptors (Lipinski definition) is 6. The summed E-state index contributed by atoms with van der Waals surface area (Å²) >= 11 is 0. The standard InChI is InChI=1S/C19H17N3O5/c1-12(26-13-7-3-2-4-8-13)18-21-16(22-27-18)11-17(23)20-15-10-6-5-9-14(15)19(24)25/h2-10,12H,11H2,1H3,(H,20,23)(H,24,25). The number of anilines is 1. The summed E-state index contributed by atoms with van der Waals surface area (Å²) in [7, 11) is 0. The number of para-hydroxylation sites is 2. The van der Waals surface area contributed by atoms with Crippen LogP contribution in [0.4, 0.5) is 5.69 Å². The van der Waals surface area contributed by atoms with Crippen molar-refractivity contribution in [2.45, 2.75) is 19.4 Å². The fourth-order valence-electron chi connectivity index (χ4n) is 2.37. The number of hydrogen-bond donors (Lipinski definition) is 2. The van der Waals surface area contributed by atoms with Gasteiger partial charge < -0.3 is 19.7 Å². The molecule has 2 aromatic carbocycles. The number of benzene rings is 2. The molecule has 3 aromatic rings. The highest BCUT2D eigenvalue weighted by Gasteiger charge is 2.18. The summed E-state index contributed by atoms with van der Waals surface area (Å²) in [4.78, 5) is 27.5. The second-order valence-electron chi connectivity index (χ2n) is 5.70. The molecular formula is C19H17N3O5. The summed E-state index contributed by atoms with van der Waals surface area (Å²) in [6.45, 7) is 1.76. The van der Waals surface area contributed by atoms with Gasteiger partial charge in [0.2, 0.25) is 5.91 Å². The number of ether oxygens (including phenoxy) is 1. The normalized spacial score (nSPS) is 11.6. The molecule has 0 saturated heterocycles. The van der Waals surface area contributed by atoms with Crippen LogP contribution in [0.2, 0.25) is 0 Å². The summed E-state index contributed by atoms with van der Waals surface area (Å²) in [6.07, 6.45) is -0.639. The van der Waals surface area contributed by atoms with Gasteiger partial charge in [0.15, 0.2) is 11.9 Å². The first-order valence-electron chi connectivity index (χ1n) is 8.19. The highest BCUT2D eigenvalue weighted by Crippen LogP contribution is 2.20. The molecule has 27 heavy (non-hydrogen) atoms. The first-order valence-corrected chi connectivity index (χ1v) is 8.19.